The topological polar surface area (TPSA) is 101 Å². The third-order valence-electron chi connectivity index (χ3n) is 3.04. The number of sulfonamides is 1. The Kier molecular flexibility index (Phi) is 5.52. The van der Waals surface area contributed by atoms with Crippen LogP contribution in [0.25, 0.3) is 0 Å². The number of nitrogens with zero attached hydrogens (tertiary/aromatic N) is 1. The molecule has 0 spiro atoms. The molecule has 112 valence electrons. The second-order valence-corrected chi connectivity index (χ2v) is 6.69. The van der Waals surface area contributed by atoms with E-state index < -0.39 is 16.0 Å². The summed E-state index contributed by atoms with van der Waals surface area (Å²) in [7, 11) is -2.05. The van der Waals surface area contributed by atoms with Crippen LogP contribution in [-0.2, 0) is 15.8 Å². The Morgan fingerprint density at radius 3 is 2.60 bits per heavy atom. The van der Waals surface area contributed by atoms with Gasteiger partial charge in [-0.15, -0.1) is 0 Å². The summed E-state index contributed by atoms with van der Waals surface area (Å²) >= 11 is 0. The van der Waals surface area contributed by atoms with Crippen molar-refractivity contribution in [2.45, 2.75) is 25.5 Å². The van der Waals surface area contributed by atoms with Crippen LogP contribution in [0.15, 0.2) is 18.2 Å². The van der Waals surface area contributed by atoms with E-state index in [4.69, 9.17) is 10.8 Å². The molecule has 0 saturated heterocycles. The molecule has 20 heavy (non-hydrogen) atoms. The Balaban J connectivity index is 3.04. The summed E-state index contributed by atoms with van der Waals surface area (Å²) in [5, 5.41) is 9.13. The molecule has 0 aliphatic heterocycles. The molecule has 3 N–H and O–H groups in total. The van der Waals surface area contributed by atoms with E-state index in [1.165, 1.54) is 23.5 Å². The number of carbonyl (C=O) groups is 1. The van der Waals surface area contributed by atoms with Crippen LogP contribution >= 0.6 is 0 Å². The normalized spacial score (nSPS) is 11.8. The van der Waals surface area contributed by atoms with Crippen LogP contribution < -0.4 is 5.73 Å². The molecule has 0 aliphatic carbocycles. The molecule has 0 aliphatic rings. The van der Waals surface area contributed by atoms with Gasteiger partial charge in [0.15, 0.2) is 0 Å². The predicted octanol–water partition coefficient (Wildman–Crippen LogP) is 1.53. The van der Waals surface area contributed by atoms with Crippen molar-refractivity contribution in [1.29, 1.82) is 0 Å². The zero-order chi connectivity index (χ0) is 15.3. The van der Waals surface area contributed by atoms with Gasteiger partial charge in [0.25, 0.3) is 0 Å². The van der Waals surface area contributed by atoms with Gasteiger partial charge in [-0.05, 0) is 18.1 Å². The van der Waals surface area contributed by atoms with E-state index in [1.807, 2.05) is 6.92 Å². The molecule has 0 heterocycles. The highest BCUT2D eigenvalue weighted by Gasteiger charge is 2.22. The Bertz CT molecular complexity index is 584. The summed E-state index contributed by atoms with van der Waals surface area (Å²) in [6, 6.07) is 4.48. The van der Waals surface area contributed by atoms with Crippen molar-refractivity contribution in [3.8, 4) is 0 Å². The average molecular weight is 300 g/mol. The minimum Gasteiger partial charge on any atom is -0.478 e. The smallest absolute Gasteiger partial charge is 0.338 e. The lowest BCUT2D eigenvalue weighted by molar-refractivity contribution is 0.0697. The zero-order valence-corrected chi connectivity index (χ0v) is 12.5. The number of hydrogen-bond acceptors (Lipinski definition) is 4. The molecule has 1 aromatic rings. The summed E-state index contributed by atoms with van der Waals surface area (Å²) in [6.07, 6.45) is 1.65. The van der Waals surface area contributed by atoms with E-state index in [1.54, 1.807) is 6.07 Å². The highest BCUT2D eigenvalue weighted by atomic mass is 32.2. The van der Waals surface area contributed by atoms with E-state index >= 15 is 0 Å². The molecule has 6 nitrogen and oxygen atoms in total. The molecule has 1 rings (SSSR count). The van der Waals surface area contributed by atoms with Crippen molar-refractivity contribution < 1.29 is 18.3 Å². The summed E-state index contributed by atoms with van der Waals surface area (Å²) in [5.74, 6) is -1.58. The van der Waals surface area contributed by atoms with E-state index in [-0.39, 0.29) is 22.6 Å². The van der Waals surface area contributed by atoms with Gasteiger partial charge in [0.05, 0.1) is 11.3 Å². The third kappa shape index (κ3) is 3.94. The first-order valence-electron chi connectivity index (χ1n) is 6.34. The predicted molar refractivity (Wildman–Crippen MR) is 78.0 cm³/mol. The van der Waals surface area contributed by atoms with E-state index in [0.717, 1.165) is 12.8 Å². The molecule has 7 heteroatoms. The lowest BCUT2D eigenvalue weighted by Crippen LogP contribution is -2.29. The second kappa shape index (κ2) is 6.71. The maximum absolute atomic E-state index is 12.2. The van der Waals surface area contributed by atoms with Crippen LogP contribution in [0.2, 0.25) is 0 Å². The fraction of sp³-hybridized carbons (Fsp3) is 0.462. The second-order valence-electron chi connectivity index (χ2n) is 4.62. The van der Waals surface area contributed by atoms with Gasteiger partial charge in [0, 0.05) is 19.3 Å². The van der Waals surface area contributed by atoms with E-state index in [0.29, 0.717) is 6.54 Å². The molecular weight excluding hydrogens is 280 g/mol. The van der Waals surface area contributed by atoms with Crippen molar-refractivity contribution in [2.75, 3.05) is 19.3 Å². The number of aromatic carboxylic acids is 1. The maximum atomic E-state index is 12.2. The summed E-state index contributed by atoms with van der Waals surface area (Å²) in [6.45, 7) is 2.39. The average Bonchev–Trinajstić information content (AvgIpc) is 2.34. The minimum atomic E-state index is -3.54. The molecule has 1 aromatic carbocycles. The monoisotopic (exact) mass is 300 g/mol. The molecule has 0 amide bonds. The van der Waals surface area contributed by atoms with Crippen LogP contribution in [0.1, 0.15) is 35.7 Å². The van der Waals surface area contributed by atoms with Crippen LogP contribution in [0.4, 0.5) is 5.69 Å². The molecule has 0 aromatic heterocycles. The standard InChI is InChI=1S/C13H20N2O4S/c1-3-4-8-15(2)20(18,19)9-10-6-5-7-11(14)12(10)13(16)17/h5-7H,3-4,8-9,14H2,1-2H3,(H,16,17). The molecule has 0 bridgehead atoms. The van der Waals surface area contributed by atoms with Crippen LogP contribution in [-0.4, -0.2) is 37.4 Å². The Labute approximate surface area is 119 Å². The number of hydrogen-bond donors (Lipinski definition) is 2. The van der Waals surface area contributed by atoms with Gasteiger partial charge in [-0.25, -0.2) is 17.5 Å². The lowest BCUT2D eigenvalue weighted by Gasteiger charge is -2.17. The Morgan fingerprint density at radius 1 is 1.40 bits per heavy atom. The maximum Gasteiger partial charge on any atom is 0.338 e. The number of nitrogens with two attached hydrogens (primary N) is 1. The van der Waals surface area contributed by atoms with E-state index in [9.17, 15) is 13.2 Å². The summed E-state index contributed by atoms with van der Waals surface area (Å²) in [5.41, 5.74) is 5.75. The number of benzene rings is 1. The molecule has 0 unspecified atom stereocenters. The third-order valence-corrected chi connectivity index (χ3v) is 4.84. The number of carboxylic acids is 1. The van der Waals surface area contributed by atoms with Gasteiger partial charge in [-0.3, -0.25) is 0 Å². The number of anilines is 1. The van der Waals surface area contributed by atoms with Crippen molar-refractivity contribution in [3.05, 3.63) is 29.3 Å². The molecular formula is C13H20N2O4S. The number of nitrogen functional groups attached to an aromatic ring is 1. The SMILES string of the molecule is CCCCN(C)S(=O)(=O)Cc1cccc(N)c1C(=O)O. The van der Waals surface area contributed by atoms with Crippen molar-refractivity contribution in [1.82, 2.24) is 4.31 Å². The van der Waals surface area contributed by atoms with Crippen LogP contribution in [0.3, 0.4) is 0 Å². The van der Waals surface area contributed by atoms with Gasteiger partial charge in [-0.1, -0.05) is 25.5 Å². The molecule has 0 radical (unpaired) electrons. The van der Waals surface area contributed by atoms with E-state index in [2.05, 4.69) is 0 Å². The van der Waals surface area contributed by atoms with Gasteiger partial charge in [0.2, 0.25) is 10.0 Å². The quantitative estimate of drug-likeness (QED) is 0.744. The largest absolute Gasteiger partial charge is 0.478 e. The van der Waals surface area contributed by atoms with Crippen LogP contribution in [0, 0.1) is 0 Å². The number of unbranched alkanes of at least 4 members (excludes halogenated alkanes) is 1. The van der Waals surface area contributed by atoms with Gasteiger partial charge < -0.3 is 10.8 Å². The van der Waals surface area contributed by atoms with Crippen molar-refractivity contribution >= 4 is 21.7 Å². The number of carboxylic acid groups (broad SMARTS) is 1. The van der Waals surface area contributed by atoms with Crippen molar-refractivity contribution in [2.24, 2.45) is 0 Å². The molecule has 0 fully saturated rings. The van der Waals surface area contributed by atoms with Gasteiger partial charge in [-0.2, -0.15) is 0 Å². The first kappa shape index (κ1) is 16.5. The highest BCUT2D eigenvalue weighted by Crippen LogP contribution is 2.20. The van der Waals surface area contributed by atoms with Crippen LogP contribution in [0.5, 0.6) is 0 Å². The number of rotatable bonds is 7. The fourth-order valence-electron chi connectivity index (χ4n) is 1.83. The first-order valence-corrected chi connectivity index (χ1v) is 7.95. The molecule has 0 saturated carbocycles. The van der Waals surface area contributed by atoms with Gasteiger partial charge in [0.1, 0.15) is 0 Å². The highest BCUT2D eigenvalue weighted by molar-refractivity contribution is 7.88. The minimum absolute atomic E-state index is 0.0708. The summed E-state index contributed by atoms with van der Waals surface area (Å²) in [4.78, 5) is 11.2. The fourth-order valence-corrected chi connectivity index (χ4v) is 3.09. The summed E-state index contributed by atoms with van der Waals surface area (Å²) < 4.78 is 25.6. The Morgan fingerprint density at radius 2 is 2.05 bits per heavy atom. The molecule has 0 atom stereocenters. The van der Waals surface area contributed by atoms with Gasteiger partial charge >= 0.3 is 5.97 Å². The van der Waals surface area contributed by atoms with Crippen molar-refractivity contribution in [3.63, 3.8) is 0 Å². The zero-order valence-electron chi connectivity index (χ0n) is 11.7. The first-order chi connectivity index (χ1) is 9.29. The Hall–Kier alpha value is -1.60. The lowest BCUT2D eigenvalue weighted by atomic mass is 10.1.